The minimum absolute atomic E-state index is 0.207. The van der Waals surface area contributed by atoms with E-state index in [1.165, 1.54) is 12.4 Å². The van der Waals surface area contributed by atoms with Gasteiger partial charge in [-0.3, -0.25) is 4.79 Å². The van der Waals surface area contributed by atoms with E-state index in [1.807, 2.05) is 6.92 Å². The second-order valence-corrected chi connectivity index (χ2v) is 5.58. The highest BCUT2D eigenvalue weighted by Gasteiger charge is 2.48. The summed E-state index contributed by atoms with van der Waals surface area (Å²) in [6.45, 7) is 2.65. The fourth-order valence-electron chi connectivity index (χ4n) is 2.73. The van der Waals surface area contributed by atoms with Gasteiger partial charge >= 0.3 is 5.97 Å². The Morgan fingerprint density at radius 1 is 1.55 bits per heavy atom. The second kappa shape index (κ2) is 5.93. The van der Waals surface area contributed by atoms with Crippen LogP contribution < -0.4 is 4.90 Å². The van der Waals surface area contributed by atoms with E-state index in [4.69, 9.17) is 11.6 Å². The van der Waals surface area contributed by atoms with Gasteiger partial charge in [-0.25, -0.2) is 9.97 Å². The summed E-state index contributed by atoms with van der Waals surface area (Å²) in [5, 5.41) is 20.1. The Balaban J connectivity index is 2.26. The minimum atomic E-state index is -1.16. The number of anilines is 1. The van der Waals surface area contributed by atoms with E-state index in [1.54, 1.807) is 4.90 Å². The third kappa shape index (κ3) is 2.71. The summed E-state index contributed by atoms with van der Waals surface area (Å²) in [5.74, 6) is -0.520. The van der Waals surface area contributed by atoms with Crippen molar-refractivity contribution in [1.82, 2.24) is 9.97 Å². The van der Waals surface area contributed by atoms with Gasteiger partial charge in [-0.1, -0.05) is 24.9 Å². The summed E-state index contributed by atoms with van der Waals surface area (Å²) in [4.78, 5) is 21.7. The zero-order valence-electron chi connectivity index (χ0n) is 11.3. The summed E-state index contributed by atoms with van der Waals surface area (Å²) in [6.07, 6.45) is 3.63. The molecule has 0 amide bonds. The molecule has 0 aromatic carbocycles. The molecular weight excluding hydrogens is 282 g/mol. The van der Waals surface area contributed by atoms with Gasteiger partial charge in [-0.05, 0) is 12.8 Å². The topological polar surface area (TPSA) is 86.5 Å². The van der Waals surface area contributed by atoms with Crippen LogP contribution in [0, 0.1) is 5.41 Å². The zero-order chi connectivity index (χ0) is 14.8. The molecular formula is C13H18ClN3O3. The molecule has 0 radical (unpaired) electrons. The molecule has 0 unspecified atom stereocenters. The number of carbonyl (C=O) groups is 1. The lowest BCUT2D eigenvalue weighted by Crippen LogP contribution is -2.56. The third-order valence-electron chi connectivity index (χ3n) is 3.79. The number of aliphatic carboxylic acids is 1. The first-order chi connectivity index (χ1) is 9.49. The molecule has 2 heterocycles. The number of carboxylic acid groups (broad SMARTS) is 1. The molecule has 1 aromatic heterocycles. The fourth-order valence-corrected chi connectivity index (χ4v) is 2.83. The Morgan fingerprint density at radius 3 is 2.75 bits per heavy atom. The lowest BCUT2D eigenvalue weighted by molar-refractivity contribution is -0.158. The van der Waals surface area contributed by atoms with Crippen LogP contribution in [0.2, 0.25) is 5.02 Å². The molecule has 1 fully saturated rings. The maximum atomic E-state index is 11.7. The first-order valence-electron chi connectivity index (χ1n) is 6.63. The van der Waals surface area contributed by atoms with Gasteiger partial charge in [0.15, 0.2) is 0 Å². The van der Waals surface area contributed by atoms with Crippen molar-refractivity contribution in [3.05, 3.63) is 17.4 Å². The summed E-state index contributed by atoms with van der Waals surface area (Å²) in [7, 11) is 0. The fraction of sp³-hybridized carbons (Fsp3) is 0.615. The van der Waals surface area contributed by atoms with Crippen LogP contribution in [0.15, 0.2) is 12.4 Å². The zero-order valence-corrected chi connectivity index (χ0v) is 12.0. The molecule has 20 heavy (non-hydrogen) atoms. The number of hydrogen-bond acceptors (Lipinski definition) is 5. The van der Waals surface area contributed by atoms with Crippen molar-refractivity contribution in [2.45, 2.75) is 32.3 Å². The molecule has 110 valence electrons. The van der Waals surface area contributed by atoms with E-state index in [0.717, 1.165) is 0 Å². The number of piperidine rings is 1. The van der Waals surface area contributed by atoms with E-state index in [2.05, 4.69) is 9.97 Å². The van der Waals surface area contributed by atoms with Gasteiger partial charge in [0, 0.05) is 13.1 Å². The molecule has 0 saturated carbocycles. The van der Waals surface area contributed by atoms with E-state index in [0.29, 0.717) is 36.8 Å². The van der Waals surface area contributed by atoms with Crippen molar-refractivity contribution in [2.24, 2.45) is 5.41 Å². The van der Waals surface area contributed by atoms with Crippen LogP contribution in [0.3, 0.4) is 0 Å². The molecule has 7 heteroatoms. The van der Waals surface area contributed by atoms with E-state index < -0.39 is 17.5 Å². The first-order valence-corrected chi connectivity index (χ1v) is 7.01. The van der Waals surface area contributed by atoms with E-state index in [-0.39, 0.29) is 6.54 Å². The number of nitrogens with zero attached hydrogens (tertiary/aromatic N) is 3. The Morgan fingerprint density at radius 2 is 2.20 bits per heavy atom. The van der Waals surface area contributed by atoms with Crippen LogP contribution in [0.5, 0.6) is 0 Å². The summed E-state index contributed by atoms with van der Waals surface area (Å²) >= 11 is 5.75. The molecule has 0 bridgehead atoms. The Labute approximate surface area is 122 Å². The predicted molar refractivity (Wildman–Crippen MR) is 74.9 cm³/mol. The molecule has 0 aliphatic carbocycles. The van der Waals surface area contributed by atoms with Crippen molar-refractivity contribution >= 4 is 23.5 Å². The van der Waals surface area contributed by atoms with Crippen LogP contribution in [0.25, 0.3) is 0 Å². The van der Waals surface area contributed by atoms with Crippen molar-refractivity contribution in [3.63, 3.8) is 0 Å². The van der Waals surface area contributed by atoms with Crippen LogP contribution >= 0.6 is 11.6 Å². The van der Waals surface area contributed by atoms with Crippen molar-refractivity contribution in [2.75, 3.05) is 18.0 Å². The van der Waals surface area contributed by atoms with Gasteiger partial charge in [-0.2, -0.15) is 0 Å². The van der Waals surface area contributed by atoms with E-state index >= 15 is 0 Å². The Hall–Kier alpha value is -1.40. The largest absolute Gasteiger partial charge is 0.481 e. The molecule has 0 spiro atoms. The minimum Gasteiger partial charge on any atom is -0.481 e. The monoisotopic (exact) mass is 299 g/mol. The molecule has 1 aliphatic heterocycles. The maximum absolute atomic E-state index is 11.7. The van der Waals surface area contributed by atoms with Gasteiger partial charge in [0.2, 0.25) is 5.95 Å². The van der Waals surface area contributed by atoms with Crippen molar-refractivity contribution < 1.29 is 15.0 Å². The molecule has 1 aromatic rings. The van der Waals surface area contributed by atoms with Crippen LogP contribution in [-0.2, 0) is 4.79 Å². The highest BCUT2D eigenvalue weighted by Crippen LogP contribution is 2.36. The molecule has 2 atom stereocenters. The summed E-state index contributed by atoms with van der Waals surface area (Å²) < 4.78 is 0. The molecule has 2 N–H and O–H groups in total. The van der Waals surface area contributed by atoms with Crippen molar-refractivity contribution in [1.29, 1.82) is 0 Å². The van der Waals surface area contributed by atoms with Gasteiger partial charge in [0.25, 0.3) is 0 Å². The highest BCUT2D eigenvalue weighted by molar-refractivity contribution is 6.30. The van der Waals surface area contributed by atoms with Gasteiger partial charge < -0.3 is 15.1 Å². The lowest BCUT2D eigenvalue weighted by Gasteiger charge is -2.43. The van der Waals surface area contributed by atoms with Crippen molar-refractivity contribution in [3.8, 4) is 0 Å². The number of aliphatic hydroxyl groups excluding tert-OH is 1. The Bertz CT molecular complexity index is 482. The predicted octanol–water partition coefficient (Wildman–Crippen LogP) is 1.57. The number of aromatic nitrogens is 2. The number of rotatable bonds is 4. The quantitative estimate of drug-likeness (QED) is 0.877. The number of aliphatic hydroxyl groups is 1. The third-order valence-corrected chi connectivity index (χ3v) is 3.99. The average Bonchev–Trinajstić information content (AvgIpc) is 2.42. The number of hydrogen-bond donors (Lipinski definition) is 2. The van der Waals surface area contributed by atoms with E-state index in [9.17, 15) is 15.0 Å². The number of halogens is 1. The molecule has 6 nitrogen and oxygen atoms in total. The molecule has 2 rings (SSSR count). The second-order valence-electron chi connectivity index (χ2n) is 5.14. The SMILES string of the molecule is CCC[C@]1(C(=O)O)CN(c2ncc(Cl)cn2)CC[C@@H]1O. The standard InChI is InChI=1S/C13H18ClN3O3/c1-2-4-13(11(19)20)8-17(5-3-10(13)18)12-15-6-9(14)7-16-12/h6-7,10,18H,2-5,8H2,1H3,(H,19,20)/t10-,13-/m0/s1. The van der Waals surface area contributed by atoms with Crippen LogP contribution in [0.4, 0.5) is 5.95 Å². The molecule has 1 saturated heterocycles. The molecule has 1 aliphatic rings. The summed E-state index contributed by atoms with van der Waals surface area (Å²) in [6, 6.07) is 0. The highest BCUT2D eigenvalue weighted by atomic mass is 35.5. The summed E-state index contributed by atoms with van der Waals surface area (Å²) in [5.41, 5.74) is -1.16. The van der Waals surface area contributed by atoms with Gasteiger partial charge in [0.05, 0.1) is 23.5 Å². The average molecular weight is 300 g/mol. The lowest BCUT2D eigenvalue weighted by atomic mass is 9.74. The van der Waals surface area contributed by atoms with Crippen LogP contribution in [0.1, 0.15) is 26.2 Å². The maximum Gasteiger partial charge on any atom is 0.314 e. The van der Waals surface area contributed by atoms with Gasteiger partial charge in [-0.15, -0.1) is 0 Å². The number of carboxylic acids is 1. The smallest absolute Gasteiger partial charge is 0.314 e. The van der Waals surface area contributed by atoms with Crippen LogP contribution in [-0.4, -0.2) is 45.3 Å². The van der Waals surface area contributed by atoms with Gasteiger partial charge in [0.1, 0.15) is 5.41 Å². The normalized spacial score (nSPS) is 26.6. The Kier molecular flexibility index (Phi) is 4.45. The first kappa shape index (κ1) is 15.0.